The van der Waals surface area contributed by atoms with Crippen LogP contribution in [0.5, 0.6) is 11.5 Å². The summed E-state index contributed by atoms with van der Waals surface area (Å²) in [6, 6.07) is 14.0. The van der Waals surface area contributed by atoms with Crippen molar-refractivity contribution in [2.24, 2.45) is 5.10 Å². The average Bonchev–Trinajstić information content (AvgIpc) is 3.31. The molecule has 1 atom stereocenters. The van der Waals surface area contributed by atoms with Gasteiger partial charge in [0.25, 0.3) is 0 Å². The maximum absolute atomic E-state index is 13.6. The van der Waals surface area contributed by atoms with E-state index in [1.54, 1.807) is 6.92 Å². The number of benzene rings is 3. The number of nitrogens with zero attached hydrogens (tertiary/aromatic N) is 2. The van der Waals surface area contributed by atoms with E-state index in [0.29, 0.717) is 10.6 Å². The SMILES string of the molecule is CCOC(=O)C1(c2ccc(OC(F)(F)F)cc2)CN(C(=O)Nc2ccc(OC(F)(F)F)cc2)N=C1c1ccc(Cl)cc1. The molecule has 1 heterocycles. The number of halogens is 7. The highest BCUT2D eigenvalue weighted by molar-refractivity contribution is 6.31. The first-order valence-electron chi connectivity index (χ1n) is 12.0. The van der Waals surface area contributed by atoms with Crippen LogP contribution in [-0.4, -0.2) is 48.6 Å². The zero-order valence-corrected chi connectivity index (χ0v) is 22.2. The highest BCUT2D eigenvalue weighted by atomic mass is 35.5. The summed E-state index contributed by atoms with van der Waals surface area (Å²) in [7, 11) is 0. The Hall–Kier alpha value is -4.46. The first-order valence-corrected chi connectivity index (χ1v) is 12.4. The van der Waals surface area contributed by atoms with Crippen molar-refractivity contribution in [2.45, 2.75) is 25.1 Å². The number of carbonyl (C=O) groups is 2. The van der Waals surface area contributed by atoms with E-state index >= 15 is 0 Å². The van der Waals surface area contributed by atoms with E-state index in [-0.39, 0.29) is 23.6 Å². The monoisotopic (exact) mass is 615 g/mol. The van der Waals surface area contributed by atoms with Gasteiger partial charge in [0.2, 0.25) is 0 Å². The zero-order chi connectivity index (χ0) is 30.7. The minimum atomic E-state index is -4.95. The zero-order valence-electron chi connectivity index (χ0n) is 21.4. The number of hydrogen-bond donors (Lipinski definition) is 1. The summed E-state index contributed by atoms with van der Waals surface area (Å²) in [5.74, 6) is -1.89. The number of hydrogen-bond acceptors (Lipinski definition) is 6. The molecular weight excluding hydrogens is 596 g/mol. The van der Waals surface area contributed by atoms with Crippen LogP contribution in [-0.2, 0) is 14.9 Å². The second-order valence-corrected chi connectivity index (χ2v) is 9.15. The van der Waals surface area contributed by atoms with Gasteiger partial charge in [0.05, 0.1) is 18.9 Å². The summed E-state index contributed by atoms with van der Waals surface area (Å²) < 4.78 is 88.7. The van der Waals surface area contributed by atoms with Crippen LogP contribution >= 0.6 is 11.6 Å². The van der Waals surface area contributed by atoms with Crippen molar-refractivity contribution in [3.05, 3.63) is 88.9 Å². The Morgan fingerprint density at radius 1 is 0.881 bits per heavy atom. The van der Waals surface area contributed by atoms with Crippen LogP contribution < -0.4 is 14.8 Å². The molecule has 1 aliphatic heterocycles. The molecule has 0 bridgehead atoms. The number of anilines is 1. The standard InChI is InChI=1S/C27H20ClF6N3O5/c1-2-40-23(38)25(17-5-11-20(12-6-17)41-26(29,30)31)15-37(36-22(25)16-3-7-18(28)8-4-16)24(39)35-19-9-13-21(14-10-19)42-27(32,33)34/h3-14H,2,15H2,1H3,(H,35,39). The van der Waals surface area contributed by atoms with E-state index in [1.807, 2.05) is 0 Å². The number of amides is 2. The fraction of sp³-hybridized carbons (Fsp3) is 0.222. The Bertz CT molecular complexity index is 1460. The molecule has 0 radical (unpaired) electrons. The molecule has 1 N–H and O–H groups in total. The van der Waals surface area contributed by atoms with E-state index in [0.717, 1.165) is 41.4 Å². The van der Waals surface area contributed by atoms with Crippen LogP contribution in [0, 0.1) is 0 Å². The van der Waals surface area contributed by atoms with Gasteiger partial charge in [-0.05, 0) is 66.6 Å². The lowest BCUT2D eigenvalue weighted by Gasteiger charge is -2.29. The molecule has 0 spiro atoms. The summed E-state index contributed by atoms with van der Waals surface area (Å²) in [5, 5.41) is 8.11. The molecule has 42 heavy (non-hydrogen) atoms. The molecule has 8 nitrogen and oxygen atoms in total. The summed E-state index contributed by atoms with van der Waals surface area (Å²) in [5.41, 5.74) is -1.19. The van der Waals surface area contributed by atoms with E-state index in [1.165, 1.54) is 36.4 Å². The van der Waals surface area contributed by atoms with Crippen LogP contribution in [0.2, 0.25) is 5.02 Å². The quantitative estimate of drug-likeness (QED) is 0.231. The van der Waals surface area contributed by atoms with Gasteiger partial charge in [-0.1, -0.05) is 35.9 Å². The van der Waals surface area contributed by atoms with Crippen molar-refractivity contribution in [1.82, 2.24) is 5.01 Å². The Morgan fingerprint density at radius 2 is 1.40 bits per heavy atom. The fourth-order valence-electron chi connectivity index (χ4n) is 4.20. The van der Waals surface area contributed by atoms with E-state index < -0.39 is 48.2 Å². The van der Waals surface area contributed by atoms with Crippen molar-refractivity contribution in [1.29, 1.82) is 0 Å². The Labute approximate surface area is 239 Å². The number of ether oxygens (including phenoxy) is 3. The lowest BCUT2D eigenvalue weighted by Crippen LogP contribution is -2.48. The topological polar surface area (TPSA) is 89.5 Å². The van der Waals surface area contributed by atoms with E-state index in [4.69, 9.17) is 16.3 Å². The molecule has 2 amide bonds. The maximum Gasteiger partial charge on any atom is 0.573 e. The second-order valence-electron chi connectivity index (χ2n) is 8.71. The molecule has 3 aromatic carbocycles. The number of carbonyl (C=O) groups excluding carboxylic acids is 2. The Balaban J connectivity index is 1.72. The Morgan fingerprint density at radius 3 is 1.90 bits per heavy atom. The third-order valence-corrected chi connectivity index (χ3v) is 6.16. The highest BCUT2D eigenvalue weighted by Crippen LogP contribution is 2.39. The maximum atomic E-state index is 13.6. The smallest absolute Gasteiger partial charge is 0.465 e. The molecule has 1 unspecified atom stereocenters. The summed E-state index contributed by atoms with van der Waals surface area (Å²) in [4.78, 5) is 26.9. The molecular formula is C27H20ClF6N3O5. The fourth-order valence-corrected chi connectivity index (χ4v) is 4.33. The summed E-state index contributed by atoms with van der Waals surface area (Å²) >= 11 is 6.02. The summed E-state index contributed by atoms with van der Waals surface area (Å²) in [6.45, 7) is 1.04. The van der Waals surface area contributed by atoms with Crippen LogP contribution in [0.3, 0.4) is 0 Å². The van der Waals surface area contributed by atoms with Gasteiger partial charge in [0.15, 0.2) is 5.41 Å². The number of nitrogens with one attached hydrogen (secondary N) is 1. The van der Waals surface area contributed by atoms with Gasteiger partial charge >= 0.3 is 24.7 Å². The number of alkyl halides is 6. The van der Waals surface area contributed by atoms with Crippen molar-refractivity contribution >= 4 is 35.0 Å². The van der Waals surface area contributed by atoms with Crippen molar-refractivity contribution in [3.63, 3.8) is 0 Å². The van der Waals surface area contributed by atoms with Gasteiger partial charge in [-0.25, -0.2) is 9.80 Å². The van der Waals surface area contributed by atoms with Crippen LogP contribution in [0.1, 0.15) is 18.1 Å². The third kappa shape index (κ3) is 7.05. The highest BCUT2D eigenvalue weighted by Gasteiger charge is 2.54. The lowest BCUT2D eigenvalue weighted by atomic mass is 9.74. The molecule has 0 saturated carbocycles. The average molecular weight is 616 g/mol. The third-order valence-electron chi connectivity index (χ3n) is 5.91. The largest absolute Gasteiger partial charge is 0.573 e. The molecule has 15 heteroatoms. The number of rotatable bonds is 7. The Kier molecular flexibility index (Phi) is 8.57. The van der Waals surface area contributed by atoms with Crippen molar-refractivity contribution in [3.8, 4) is 11.5 Å². The number of urea groups is 1. The molecule has 3 aromatic rings. The molecule has 4 rings (SSSR count). The van der Waals surface area contributed by atoms with Crippen molar-refractivity contribution < 1.29 is 50.1 Å². The lowest BCUT2D eigenvalue weighted by molar-refractivity contribution is -0.275. The van der Waals surface area contributed by atoms with Gasteiger partial charge in [-0.3, -0.25) is 4.79 Å². The van der Waals surface area contributed by atoms with Gasteiger partial charge in [-0.15, -0.1) is 26.3 Å². The van der Waals surface area contributed by atoms with Gasteiger partial charge in [0.1, 0.15) is 11.5 Å². The predicted octanol–water partition coefficient (Wildman–Crippen LogP) is 6.89. The van der Waals surface area contributed by atoms with Gasteiger partial charge in [0, 0.05) is 10.7 Å². The van der Waals surface area contributed by atoms with Crippen LogP contribution in [0.25, 0.3) is 0 Å². The number of hydrazone groups is 1. The van der Waals surface area contributed by atoms with E-state index in [2.05, 4.69) is 19.9 Å². The first kappa shape index (κ1) is 30.5. The minimum absolute atomic E-state index is 0.0335. The second kappa shape index (κ2) is 11.8. The molecule has 1 aliphatic rings. The van der Waals surface area contributed by atoms with Crippen molar-refractivity contribution in [2.75, 3.05) is 18.5 Å². The predicted molar refractivity (Wildman–Crippen MR) is 138 cm³/mol. The first-order chi connectivity index (χ1) is 19.7. The van der Waals surface area contributed by atoms with Crippen LogP contribution in [0.4, 0.5) is 36.8 Å². The molecule has 0 aromatic heterocycles. The molecule has 222 valence electrons. The minimum Gasteiger partial charge on any atom is -0.465 e. The van der Waals surface area contributed by atoms with Gasteiger partial charge in [-0.2, -0.15) is 5.10 Å². The molecule has 0 saturated heterocycles. The normalized spacial score (nSPS) is 17.0. The van der Waals surface area contributed by atoms with E-state index in [9.17, 15) is 35.9 Å². The van der Waals surface area contributed by atoms with Crippen LogP contribution in [0.15, 0.2) is 77.9 Å². The number of esters is 1. The van der Waals surface area contributed by atoms with Gasteiger partial charge < -0.3 is 19.5 Å². The summed E-state index contributed by atoms with van der Waals surface area (Å²) in [6.07, 6.45) is -9.85. The molecule has 0 aliphatic carbocycles. The molecule has 0 fully saturated rings.